The highest BCUT2D eigenvalue weighted by Crippen LogP contribution is 2.24. The third-order valence-corrected chi connectivity index (χ3v) is 3.47. The Morgan fingerprint density at radius 2 is 2.00 bits per heavy atom. The Kier molecular flexibility index (Phi) is 4.93. The first-order valence-electron chi connectivity index (χ1n) is 6.90. The van der Waals surface area contributed by atoms with Gasteiger partial charge >= 0.3 is 0 Å². The largest absolute Gasteiger partial charge is 0.385 e. The summed E-state index contributed by atoms with van der Waals surface area (Å²) in [5, 5.41) is 3.23. The first-order chi connectivity index (χ1) is 8.85. The van der Waals surface area contributed by atoms with E-state index in [1.165, 1.54) is 30.5 Å². The molecule has 1 aromatic rings. The number of aryl methyl sites for hydroxylation is 2. The van der Waals surface area contributed by atoms with E-state index in [2.05, 4.69) is 10.3 Å². The Morgan fingerprint density at radius 1 is 1.17 bits per heavy atom. The maximum Gasteiger partial charge on any atom is 0.132 e. The highest BCUT2D eigenvalue weighted by molar-refractivity contribution is 5.46. The number of nitrogens with zero attached hydrogens (tertiary/aromatic N) is 2. The van der Waals surface area contributed by atoms with Crippen LogP contribution in [0.5, 0.6) is 0 Å². The molecule has 2 rings (SSSR count). The van der Waals surface area contributed by atoms with Gasteiger partial charge in [0.05, 0.1) is 0 Å². The van der Waals surface area contributed by atoms with Gasteiger partial charge in [0.1, 0.15) is 11.6 Å². The van der Waals surface area contributed by atoms with E-state index in [1.54, 1.807) is 7.11 Å². The van der Waals surface area contributed by atoms with Crippen LogP contribution in [0.2, 0.25) is 0 Å². The maximum absolute atomic E-state index is 5.08. The number of anilines is 1. The molecule has 4 heteroatoms. The number of fused-ring (bicyclic) bond motifs is 1. The quantitative estimate of drug-likeness (QED) is 0.643. The second kappa shape index (κ2) is 6.69. The average molecular weight is 249 g/mol. The van der Waals surface area contributed by atoms with Gasteiger partial charge in [0.25, 0.3) is 0 Å². The summed E-state index contributed by atoms with van der Waals surface area (Å²) in [6, 6.07) is 0. The summed E-state index contributed by atoms with van der Waals surface area (Å²) in [6.07, 6.45) is 7.92. The molecule has 1 heterocycles. The van der Waals surface area contributed by atoms with Crippen molar-refractivity contribution >= 4 is 5.82 Å². The number of hydrogen-bond donors (Lipinski definition) is 1. The molecule has 0 bridgehead atoms. The van der Waals surface area contributed by atoms with Crippen molar-refractivity contribution in [3.05, 3.63) is 17.1 Å². The molecule has 1 N–H and O–H groups in total. The van der Waals surface area contributed by atoms with Crippen LogP contribution in [0.15, 0.2) is 0 Å². The third kappa shape index (κ3) is 3.19. The van der Waals surface area contributed by atoms with Crippen LogP contribution in [-0.2, 0) is 24.0 Å². The molecule has 0 unspecified atom stereocenters. The smallest absolute Gasteiger partial charge is 0.132 e. The lowest BCUT2D eigenvalue weighted by Crippen LogP contribution is -2.09. The molecule has 1 aliphatic carbocycles. The Balaban J connectivity index is 2.19. The number of ether oxygens (including phenoxy) is 1. The van der Waals surface area contributed by atoms with Crippen LogP contribution in [0.3, 0.4) is 0 Å². The van der Waals surface area contributed by atoms with Gasteiger partial charge in [-0.3, -0.25) is 0 Å². The monoisotopic (exact) mass is 249 g/mol. The fourth-order valence-corrected chi connectivity index (χ4v) is 2.52. The van der Waals surface area contributed by atoms with Crippen molar-refractivity contribution in [3.63, 3.8) is 0 Å². The Hall–Kier alpha value is -1.16. The van der Waals surface area contributed by atoms with Crippen molar-refractivity contribution in [2.45, 2.75) is 44.9 Å². The predicted molar refractivity (Wildman–Crippen MR) is 73.0 cm³/mol. The molecular weight excluding hydrogens is 226 g/mol. The van der Waals surface area contributed by atoms with Crippen molar-refractivity contribution < 1.29 is 4.74 Å². The average Bonchev–Trinajstić information content (AvgIpc) is 2.63. The van der Waals surface area contributed by atoms with Crippen LogP contribution >= 0.6 is 0 Å². The SMILES string of the molecule is CNc1nc(CCCOC)nc2c1CCCCC2. The first-order valence-corrected chi connectivity index (χ1v) is 6.90. The molecule has 1 aliphatic rings. The van der Waals surface area contributed by atoms with E-state index >= 15 is 0 Å². The standard InChI is InChI=1S/C14H23N3O/c1-15-14-11-7-4-3-5-8-12(11)16-13(17-14)9-6-10-18-2/h3-10H2,1-2H3,(H,15,16,17). The summed E-state index contributed by atoms with van der Waals surface area (Å²) in [7, 11) is 3.68. The maximum atomic E-state index is 5.08. The molecule has 1 aromatic heterocycles. The lowest BCUT2D eigenvalue weighted by Gasteiger charge is -2.12. The summed E-state index contributed by atoms with van der Waals surface area (Å²) >= 11 is 0. The molecular formula is C14H23N3O. The lowest BCUT2D eigenvalue weighted by atomic mass is 10.1. The van der Waals surface area contributed by atoms with Crippen LogP contribution in [0.25, 0.3) is 0 Å². The molecule has 0 atom stereocenters. The minimum absolute atomic E-state index is 0.773. The van der Waals surface area contributed by atoms with E-state index < -0.39 is 0 Å². The fourth-order valence-electron chi connectivity index (χ4n) is 2.52. The van der Waals surface area contributed by atoms with Crippen LogP contribution in [0.4, 0.5) is 5.82 Å². The van der Waals surface area contributed by atoms with E-state index in [0.717, 1.165) is 43.9 Å². The Bertz CT molecular complexity index is 393. The van der Waals surface area contributed by atoms with Crippen molar-refractivity contribution in [1.82, 2.24) is 9.97 Å². The van der Waals surface area contributed by atoms with Gasteiger partial charge in [0, 0.05) is 38.4 Å². The highest BCUT2D eigenvalue weighted by Gasteiger charge is 2.15. The Morgan fingerprint density at radius 3 is 2.78 bits per heavy atom. The molecule has 0 radical (unpaired) electrons. The van der Waals surface area contributed by atoms with Crippen molar-refractivity contribution in [3.8, 4) is 0 Å². The van der Waals surface area contributed by atoms with Crippen LogP contribution < -0.4 is 5.32 Å². The minimum atomic E-state index is 0.773. The summed E-state index contributed by atoms with van der Waals surface area (Å²) in [5.41, 5.74) is 2.60. The van der Waals surface area contributed by atoms with E-state index in [1.807, 2.05) is 7.05 Å². The zero-order valence-electron chi connectivity index (χ0n) is 11.5. The molecule has 0 amide bonds. The molecule has 0 saturated carbocycles. The van der Waals surface area contributed by atoms with Crippen molar-refractivity contribution in [2.24, 2.45) is 0 Å². The fraction of sp³-hybridized carbons (Fsp3) is 0.714. The van der Waals surface area contributed by atoms with Gasteiger partial charge in [-0.25, -0.2) is 9.97 Å². The van der Waals surface area contributed by atoms with Crippen LogP contribution in [-0.4, -0.2) is 30.7 Å². The van der Waals surface area contributed by atoms with E-state index in [-0.39, 0.29) is 0 Å². The zero-order valence-corrected chi connectivity index (χ0v) is 11.5. The first kappa shape index (κ1) is 13.3. The van der Waals surface area contributed by atoms with E-state index in [4.69, 9.17) is 9.72 Å². The van der Waals surface area contributed by atoms with Gasteiger partial charge in [0.15, 0.2) is 0 Å². The topological polar surface area (TPSA) is 47.0 Å². The molecule has 100 valence electrons. The van der Waals surface area contributed by atoms with Crippen LogP contribution in [0, 0.1) is 0 Å². The van der Waals surface area contributed by atoms with E-state index in [0.29, 0.717) is 0 Å². The second-order valence-corrected chi connectivity index (χ2v) is 4.82. The predicted octanol–water partition coefficient (Wildman–Crippen LogP) is 2.37. The normalized spacial score (nSPS) is 15.0. The van der Waals surface area contributed by atoms with Gasteiger partial charge in [-0.2, -0.15) is 0 Å². The summed E-state index contributed by atoms with van der Waals surface area (Å²) < 4.78 is 5.08. The molecule has 0 saturated heterocycles. The highest BCUT2D eigenvalue weighted by atomic mass is 16.5. The second-order valence-electron chi connectivity index (χ2n) is 4.82. The molecule has 0 aliphatic heterocycles. The summed E-state index contributed by atoms with van der Waals surface area (Å²) in [4.78, 5) is 9.39. The molecule has 0 spiro atoms. The van der Waals surface area contributed by atoms with Crippen molar-refractivity contribution in [1.29, 1.82) is 0 Å². The number of aromatic nitrogens is 2. The lowest BCUT2D eigenvalue weighted by molar-refractivity contribution is 0.194. The number of nitrogens with one attached hydrogen (secondary N) is 1. The summed E-state index contributed by atoms with van der Waals surface area (Å²) in [6.45, 7) is 0.773. The van der Waals surface area contributed by atoms with E-state index in [9.17, 15) is 0 Å². The van der Waals surface area contributed by atoms with Gasteiger partial charge in [0.2, 0.25) is 0 Å². The van der Waals surface area contributed by atoms with Crippen LogP contribution in [0.1, 0.15) is 42.8 Å². The zero-order chi connectivity index (χ0) is 12.8. The Labute approximate surface area is 109 Å². The number of hydrogen-bond acceptors (Lipinski definition) is 4. The molecule has 0 aromatic carbocycles. The molecule has 18 heavy (non-hydrogen) atoms. The molecule has 0 fully saturated rings. The van der Waals surface area contributed by atoms with Gasteiger partial charge in [-0.1, -0.05) is 6.42 Å². The minimum Gasteiger partial charge on any atom is -0.385 e. The molecule has 4 nitrogen and oxygen atoms in total. The number of rotatable bonds is 5. The van der Waals surface area contributed by atoms with Gasteiger partial charge in [-0.15, -0.1) is 0 Å². The summed E-state index contributed by atoms with van der Waals surface area (Å²) in [5.74, 6) is 1.99. The van der Waals surface area contributed by atoms with Gasteiger partial charge < -0.3 is 10.1 Å². The van der Waals surface area contributed by atoms with Gasteiger partial charge in [-0.05, 0) is 32.1 Å². The third-order valence-electron chi connectivity index (χ3n) is 3.47. The number of methoxy groups -OCH3 is 1. The van der Waals surface area contributed by atoms with Crippen molar-refractivity contribution in [2.75, 3.05) is 26.1 Å².